The maximum atomic E-state index is 5.78. The Morgan fingerprint density at radius 1 is 0.952 bits per heavy atom. The lowest BCUT2D eigenvalue weighted by atomic mass is 10.1. The molecule has 2 heteroatoms. The lowest BCUT2D eigenvalue weighted by Gasteiger charge is -2.14. The molecule has 0 atom stereocenters. The number of nitrogens with one attached hydrogen (secondary N) is 1. The summed E-state index contributed by atoms with van der Waals surface area (Å²) in [6.45, 7) is 7.97. The van der Waals surface area contributed by atoms with Gasteiger partial charge in [0, 0.05) is 12.2 Å². The molecule has 0 aliphatic heterocycles. The van der Waals surface area contributed by atoms with Crippen molar-refractivity contribution in [3.8, 4) is 5.75 Å². The van der Waals surface area contributed by atoms with Crippen LogP contribution in [0.25, 0.3) is 0 Å². The summed E-state index contributed by atoms with van der Waals surface area (Å²) in [7, 11) is 0. The highest BCUT2D eigenvalue weighted by Gasteiger charge is 2.03. The fourth-order valence-electron chi connectivity index (χ4n) is 2.44. The van der Waals surface area contributed by atoms with Crippen molar-refractivity contribution in [1.29, 1.82) is 0 Å². The topological polar surface area (TPSA) is 21.3 Å². The number of benzene rings is 2. The molecule has 0 bridgehead atoms. The number of hydrogen-bond acceptors (Lipinski definition) is 2. The molecule has 0 saturated heterocycles. The molecule has 0 radical (unpaired) electrons. The highest BCUT2D eigenvalue weighted by molar-refractivity contribution is 5.57. The van der Waals surface area contributed by atoms with Crippen molar-refractivity contribution in [1.82, 2.24) is 0 Å². The van der Waals surface area contributed by atoms with Crippen molar-refractivity contribution in [3.63, 3.8) is 0 Å². The van der Waals surface area contributed by atoms with E-state index < -0.39 is 0 Å². The fourth-order valence-corrected chi connectivity index (χ4v) is 2.44. The van der Waals surface area contributed by atoms with Crippen LogP contribution in [-0.4, -0.2) is 13.2 Å². The first-order chi connectivity index (χ1) is 10.2. The maximum Gasteiger partial charge on any atom is 0.119 e. The van der Waals surface area contributed by atoms with Gasteiger partial charge in [-0.05, 0) is 48.6 Å². The predicted octanol–water partition coefficient (Wildman–Crippen LogP) is 4.61. The summed E-state index contributed by atoms with van der Waals surface area (Å²) < 4.78 is 5.78. The summed E-state index contributed by atoms with van der Waals surface area (Å²) >= 11 is 0. The number of rotatable bonds is 7. The molecule has 0 aliphatic rings. The average Bonchev–Trinajstić information content (AvgIpc) is 2.53. The zero-order chi connectivity index (χ0) is 15.1. The van der Waals surface area contributed by atoms with Crippen molar-refractivity contribution in [2.45, 2.75) is 33.6 Å². The van der Waals surface area contributed by atoms with E-state index in [4.69, 9.17) is 4.74 Å². The van der Waals surface area contributed by atoms with Crippen LogP contribution in [-0.2, 0) is 12.8 Å². The maximum absolute atomic E-state index is 5.78. The van der Waals surface area contributed by atoms with Gasteiger partial charge in [-0.2, -0.15) is 0 Å². The molecule has 0 saturated carbocycles. The summed E-state index contributed by atoms with van der Waals surface area (Å²) in [4.78, 5) is 0. The molecule has 0 heterocycles. The third-order valence-electron chi connectivity index (χ3n) is 3.74. The quantitative estimate of drug-likeness (QED) is 0.749. The first-order valence-electron chi connectivity index (χ1n) is 7.78. The van der Waals surface area contributed by atoms with Crippen LogP contribution in [0.5, 0.6) is 5.75 Å². The second-order valence-corrected chi connectivity index (χ2v) is 5.24. The molecule has 2 aromatic carbocycles. The third-order valence-corrected chi connectivity index (χ3v) is 3.74. The zero-order valence-corrected chi connectivity index (χ0v) is 13.3. The van der Waals surface area contributed by atoms with E-state index in [0.717, 1.165) is 25.1 Å². The summed E-state index contributed by atoms with van der Waals surface area (Å²) in [5.41, 5.74) is 5.25. The number of hydrogen-bond donors (Lipinski definition) is 1. The van der Waals surface area contributed by atoms with Gasteiger partial charge >= 0.3 is 0 Å². The van der Waals surface area contributed by atoms with E-state index >= 15 is 0 Å². The van der Waals surface area contributed by atoms with Crippen LogP contribution in [0, 0.1) is 6.92 Å². The van der Waals surface area contributed by atoms with Gasteiger partial charge in [0.25, 0.3) is 0 Å². The molecule has 2 aromatic rings. The van der Waals surface area contributed by atoms with E-state index in [1.165, 1.54) is 22.4 Å². The van der Waals surface area contributed by atoms with Crippen LogP contribution in [0.4, 0.5) is 5.69 Å². The van der Waals surface area contributed by atoms with Gasteiger partial charge < -0.3 is 10.1 Å². The first kappa shape index (κ1) is 15.4. The van der Waals surface area contributed by atoms with E-state index in [0.29, 0.717) is 6.61 Å². The minimum Gasteiger partial charge on any atom is -0.492 e. The van der Waals surface area contributed by atoms with Gasteiger partial charge in [-0.15, -0.1) is 0 Å². The zero-order valence-electron chi connectivity index (χ0n) is 13.3. The highest BCUT2D eigenvalue weighted by Crippen LogP contribution is 2.20. The van der Waals surface area contributed by atoms with Gasteiger partial charge in [-0.25, -0.2) is 0 Å². The molecule has 0 spiro atoms. The van der Waals surface area contributed by atoms with Crippen LogP contribution in [0.2, 0.25) is 0 Å². The average molecular weight is 283 g/mol. The van der Waals surface area contributed by atoms with Crippen molar-refractivity contribution < 1.29 is 4.74 Å². The Labute approximate surface area is 128 Å². The van der Waals surface area contributed by atoms with Gasteiger partial charge in [0.15, 0.2) is 0 Å². The summed E-state index contributed by atoms with van der Waals surface area (Å²) in [5.74, 6) is 0.939. The van der Waals surface area contributed by atoms with Crippen molar-refractivity contribution in [2.75, 3.05) is 18.5 Å². The van der Waals surface area contributed by atoms with E-state index in [2.05, 4.69) is 56.4 Å². The Hall–Kier alpha value is -1.96. The van der Waals surface area contributed by atoms with Crippen molar-refractivity contribution in [3.05, 3.63) is 59.2 Å². The molecule has 1 N–H and O–H groups in total. The molecular weight excluding hydrogens is 258 g/mol. The second kappa shape index (κ2) is 7.72. The Bertz CT molecular complexity index is 560. The van der Waals surface area contributed by atoms with Gasteiger partial charge in [0.1, 0.15) is 12.4 Å². The van der Waals surface area contributed by atoms with Gasteiger partial charge in [-0.3, -0.25) is 0 Å². The van der Waals surface area contributed by atoms with Crippen molar-refractivity contribution in [2.24, 2.45) is 0 Å². The Balaban J connectivity index is 1.84. The minimum absolute atomic E-state index is 0.670. The smallest absolute Gasteiger partial charge is 0.119 e. The number of para-hydroxylation sites is 1. The van der Waals surface area contributed by atoms with Gasteiger partial charge in [-0.1, -0.05) is 44.2 Å². The Morgan fingerprint density at radius 2 is 1.71 bits per heavy atom. The number of anilines is 1. The highest BCUT2D eigenvalue weighted by atomic mass is 16.5. The normalized spacial score (nSPS) is 10.4. The first-order valence-corrected chi connectivity index (χ1v) is 7.78. The summed E-state index contributed by atoms with van der Waals surface area (Å²) in [5, 5.41) is 3.50. The number of aryl methyl sites for hydroxylation is 3. The monoisotopic (exact) mass is 283 g/mol. The molecule has 0 amide bonds. The van der Waals surface area contributed by atoms with Crippen LogP contribution in [0.1, 0.15) is 30.5 Å². The summed E-state index contributed by atoms with van der Waals surface area (Å²) in [6.07, 6.45) is 2.11. The summed E-state index contributed by atoms with van der Waals surface area (Å²) in [6, 6.07) is 14.8. The molecule has 0 aromatic heterocycles. The molecule has 0 unspecified atom stereocenters. The lowest BCUT2D eigenvalue weighted by molar-refractivity contribution is 0.333. The van der Waals surface area contributed by atoms with Gasteiger partial charge in [0.05, 0.1) is 0 Å². The minimum atomic E-state index is 0.670. The van der Waals surface area contributed by atoms with Crippen LogP contribution in [0.15, 0.2) is 42.5 Å². The third kappa shape index (κ3) is 4.25. The van der Waals surface area contributed by atoms with Crippen LogP contribution >= 0.6 is 0 Å². The van der Waals surface area contributed by atoms with Crippen LogP contribution < -0.4 is 10.1 Å². The predicted molar refractivity (Wildman–Crippen MR) is 90.4 cm³/mol. The molecule has 0 fully saturated rings. The van der Waals surface area contributed by atoms with Crippen LogP contribution in [0.3, 0.4) is 0 Å². The molecular formula is C19H25NO. The van der Waals surface area contributed by atoms with E-state index in [-0.39, 0.29) is 0 Å². The van der Waals surface area contributed by atoms with Gasteiger partial charge in [0.2, 0.25) is 0 Å². The molecule has 21 heavy (non-hydrogen) atoms. The molecule has 0 aliphatic carbocycles. The van der Waals surface area contributed by atoms with E-state index in [1.54, 1.807) is 0 Å². The fraction of sp³-hybridized carbons (Fsp3) is 0.368. The SMILES string of the molecule is CCc1ccc(OCCNc2c(C)cccc2CC)cc1. The Morgan fingerprint density at radius 3 is 2.38 bits per heavy atom. The Kier molecular flexibility index (Phi) is 5.68. The molecule has 2 rings (SSSR count). The number of ether oxygens (including phenoxy) is 1. The molecule has 2 nitrogen and oxygen atoms in total. The van der Waals surface area contributed by atoms with E-state index in [1.807, 2.05) is 12.1 Å². The largest absolute Gasteiger partial charge is 0.492 e. The lowest BCUT2D eigenvalue weighted by Crippen LogP contribution is -2.13. The van der Waals surface area contributed by atoms with E-state index in [9.17, 15) is 0 Å². The standard InChI is InChI=1S/C19H25NO/c1-4-16-9-11-18(12-10-16)21-14-13-20-19-15(3)7-6-8-17(19)5-2/h6-12,20H,4-5,13-14H2,1-3H3. The van der Waals surface area contributed by atoms with Crippen molar-refractivity contribution >= 4 is 5.69 Å². The second-order valence-electron chi connectivity index (χ2n) is 5.24. The molecule has 112 valence electrons.